The summed E-state index contributed by atoms with van der Waals surface area (Å²) in [4.78, 5) is 18.7. The Balaban J connectivity index is 1.68. The number of benzene rings is 1. The Morgan fingerprint density at radius 3 is 2.96 bits per heavy atom. The monoisotopic (exact) mass is 390 g/mol. The van der Waals surface area contributed by atoms with E-state index in [2.05, 4.69) is 4.98 Å². The first-order valence-electron chi connectivity index (χ1n) is 7.40. The maximum atomic E-state index is 12.7. The molecule has 0 aliphatic carbocycles. The SMILES string of the molecule is O=C1/C(=C/c2cc(Cl)c3c(c2)OCCO3)SC(=S)N1c1cccnc1. The van der Waals surface area contributed by atoms with Gasteiger partial charge >= 0.3 is 0 Å². The number of amides is 1. The van der Waals surface area contributed by atoms with E-state index in [1.165, 1.54) is 16.7 Å². The summed E-state index contributed by atoms with van der Waals surface area (Å²) in [5, 5.41) is 0.450. The Hall–Kier alpha value is -2.09. The van der Waals surface area contributed by atoms with Crippen molar-refractivity contribution in [1.29, 1.82) is 0 Å². The zero-order valence-electron chi connectivity index (χ0n) is 12.8. The summed E-state index contributed by atoms with van der Waals surface area (Å²) in [5.41, 5.74) is 1.40. The summed E-state index contributed by atoms with van der Waals surface area (Å²) in [7, 11) is 0. The first kappa shape index (κ1) is 16.4. The van der Waals surface area contributed by atoms with E-state index in [1.807, 2.05) is 0 Å². The molecule has 0 N–H and O–H groups in total. The van der Waals surface area contributed by atoms with Crippen LogP contribution in [0.2, 0.25) is 5.02 Å². The zero-order valence-corrected chi connectivity index (χ0v) is 15.2. The van der Waals surface area contributed by atoms with Crippen molar-refractivity contribution in [2.24, 2.45) is 0 Å². The lowest BCUT2D eigenvalue weighted by Crippen LogP contribution is -2.27. The minimum Gasteiger partial charge on any atom is -0.486 e. The molecule has 1 fully saturated rings. The van der Waals surface area contributed by atoms with Crippen molar-refractivity contribution in [1.82, 2.24) is 4.98 Å². The number of rotatable bonds is 2. The van der Waals surface area contributed by atoms with Crippen LogP contribution in [0.3, 0.4) is 0 Å². The minimum atomic E-state index is -0.186. The highest BCUT2D eigenvalue weighted by molar-refractivity contribution is 8.27. The summed E-state index contributed by atoms with van der Waals surface area (Å²) < 4.78 is 11.5. The average Bonchev–Trinajstić information content (AvgIpc) is 2.89. The zero-order chi connectivity index (χ0) is 17.4. The van der Waals surface area contributed by atoms with Crippen LogP contribution >= 0.6 is 35.6 Å². The van der Waals surface area contributed by atoms with Crippen LogP contribution in [0.5, 0.6) is 11.5 Å². The molecule has 2 aromatic rings. The average molecular weight is 391 g/mol. The number of hydrogen-bond acceptors (Lipinski definition) is 6. The van der Waals surface area contributed by atoms with E-state index in [9.17, 15) is 4.79 Å². The van der Waals surface area contributed by atoms with Crippen molar-refractivity contribution in [3.05, 3.63) is 52.2 Å². The molecule has 1 amide bonds. The maximum absolute atomic E-state index is 12.7. The molecule has 2 aliphatic heterocycles. The van der Waals surface area contributed by atoms with Crippen molar-refractivity contribution in [3.8, 4) is 11.5 Å². The van der Waals surface area contributed by atoms with Crippen LogP contribution in [-0.4, -0.2) is 28.4 Å². The second-order valence-electron chi connectivity index (χ2n) is 5.26. The second-order valence-corrected chi connectivity index (χ2v) is 7.34. The molecule has 1 aromatic carbocycles. The summed E-state index contributed by atoms with van der Waals surface area (Å²) in [6.07, 6.45) is 5.00. The fraction of sp³-hybridized carbons (Fsp3) is 0.118. The number of hydrogen-bond donors (Lipinski definition) is 0. The molecule has 0 spiro atoms. The number of carbonyl (C=O) groups excluding carboxylic acids is 1. The third kappa shape index (κ3) is 3.10. The Kier molecular flexibility index (Phi) is 4.37. The van der Waals surface area contributed by atoms with Gasteiger partial charge in [0.15, 0.2) is 15.8 Å². The van der Waals surface area contributed by atoms with Gasteiger partial charge in [-0.05, 0) is 35.9 Å². The fourth-order valence-electron chi connectivity index (χ4n) is 2.54. The first-order chi connectivity index (χ1) is 12.1. The lowest BCUT2D eigenvalue weighted by molar-refractivity contribution is -0.113. The normalized spacial score (nSPS) is 18.1. The highest BCUT2D eigenvalue weighted by Crippen LogP contribution is 2.40. The van der Waals surface area contributed by atoms with Crippen LogP contribution < -0.4 is 14.4 Å². The fourth-order valence-corrected chi connectivity index (χ4v) is 4.11. The van der Waals surface area contributed by atoms with Crippen LogP contribution in [0.1, 0.15) is 5.56 Å². The van der Waals surface area contributed by atoms with E-state index in [4.69, 9.17) is 33.3 Å². The number of pyridine rings is 1. The Bertz CT molecular complexity index is 902. The number of carbonyl (C=O) groups is 1. The van der Waals surface area contributed by atoms with Gasteiger partial charge < -0.3 is 9.47 Å². The van der Waals surface area contributed by atoms with Crippen molar-refractivity contribution < 1.29 is 14.3 Å². The Labute approximate surface area is 158 Å². The van der Waals surface area contributed by atoms with Gasteiger partial charge in [-0.2, -0.15) is 0 Å². The van der Waals surface area contributed by atoms with Gasteiger partial charge in [-0.15, -0.1) is 0 Å². The molecule has 4 rings (SSSR count). The third-order valence-corrected chi connectivity index (χ3v) is 5.20. The van der Waals surface area contributed by atoms with Crippen LogP contribution in [-0.2, 0) is 4.79 Å². The summed E-state index contributed by atoms with van der Waals surface area (Å²) >= 11 is 12.8. The molecular weight excluding hydrogens is 380 g/mol. The summed E-state index contributed by atoms with van der Waals surface area (Å²) in [6.45, 7) is 0.936. The van der Waals surface area contributed by atoms with E-state index >= 15 is 0 Å². The molecule has 8 heteroatoms. The molecule has 1 saturated heterocycles. The Morgan fingerprint density at radius 2 is 2.16 bits per heavy atom. The van der Waals surface area contributed by atoms with Crippen LogP contribution in [0.4, 0.5) is 5.69 Å². The van der Waals surface area contributed by atoms with Gasteiger partial charge in [-0.1, -0.05) is 35.6 Å². The standard InChI is InChI=1S/C17H11ClN2O3S2/c18-12-6-10(7-13-15(12)23-5-4-22-13)8-14-16(21)20(17(24)25-14)11-2-1-3-19-9-11/h1-3,6-9H,4-5H2/b14-8-. The number of aromatic nitrogens is 1. The number of thiocarbonyl (C=S) groups is 1. The van der Waals surface area contributed by atoms with Gasteiger partial charge in [0, 0.05) is 6.20 Å². The van der Waals surface area contributed by atoms with Gasteiger partial charge in [0.05, 0.1) is 21.8 Å². The molecule has 126 valence electrons. The van der Waals surface area contributed by atoms with Crippen molar-refractivity contribution in [2.75, 3.05) is 18.1 Å². The second kappa shape index (κ2) is 6.67. The number of fused-ring (bicyclic) bond motifs is 1. The van der Waals surface area contributed by atoms with Gasteiger partial charge in [0.2, 0.25) is 0 Å². The topological polar surface area (TPSA) is 51.7 Å². The number of thioether (sulfide) groups is 1. The molecule has 0 unspecified atom stereocenters. The molecule has 0 atom stereocenters. The van der Waals surface area contributed by atoms with Gasteiger partial charge in [-0.3, -0.25) is 14.7 Å². The molecule has 1 aromatic heterocycles. The molecule has 2 aliphatic rings. The third-order valence-electron chi connectivity index (χ3n) is 3.61. The van der Waals surface area contributed by atoms with Crippen molar-refractivity contribution >= 4 is 57.6 Å². The van der Waals surface area contributed by atoms with Crippen LogP contribution in [0.25, 0.3) is 6.08 Å². The number of anilines is 1. The predicted molar refractivity (Wildman–Crippen MR) is 102 cm³/mol. The molecule has 25 heavy (non-hydrogen) atoms. The van der Waals surface area contributed by atoms with E-state index in [1.54, 1.807) is 42.7 Å². The molecule has 0 bridgehead atoms. The van der Waals surface area contributed by atoms with Crippen molar-refractivity contribution in [2.45, 2.75) is 0 Å². The number of ether oxygens (including phenoxy) is 2. The van der Waals surface area contributed by atoms with Crippen molar-refractivity contribution in [3.63, 3.8) is 0 Å². The van der Waals surface area contributed by atoms with E-state index in [0.29, 0.717) is 44.6 Å². The first-order valence-corrected chi connectivity index (χ1v) is 9.01. The molecule has 3 heterocycles. The van der Waals surface area contributed by atoms with Gasteiger partial charge in [0.25, 0.3) is 5.91 Å². The molecule has 0 saturated carbocycles. The smallest absolute Gasteiger partial charge is 0.270 e. The molecule has 0 radical (unpaired) electrons. The molecule has 5 nitrogen and oxygen atoms in total. The predicted octanol–water partition coefficient (Wildman–Crippen LogP) is 3.91. The summed E-state index contributed by atoms with van der Waals surface area (Å²) in [6, 6.07) is 7.10. The quantitative estimate of drug-likeness (QED) is 0.572. The Morgan fingerprint density at radius 1 is 1.32 bits per heavy atom. The van der Waals surface area contributed by atoms with Gasteiger partial charge in [0.1, 0.15) is 13.2 Å². The van der Waals surface area contributed by atoms with E-state index in [0.717, 1.165) is 5.56 Å². The van der Waals surface area contributed by atoms with Crippen LogP contribution in [0, 0.1) is 0 Å². The van der Waals surface area contributed by atoms with E-state index < -0.39 is 0 Å². The largest absolute Gasteiger partial charge is 0.486 e. The van der Waals surface area contributed by atoms with E-state index in [-0.39, 0.29) is 5.91 Å². The minimum absolute atomic E-state index is 0.186. The highest BCUT2D eigenvalue weighted by atomic mass is 35.5. The number of nitrogens with zero attached hydrogens (tertiary/aromatic N) is 2. The lowest BCUT2D eigenvalue weighted by atomic mass is 10.1. The summed E-state index contributed by atoms with van der Waals surface area (Å²) in [5.74, 6) is 0.926. The van der Waals surface area contributed by atoms with Crippen LogP contribution in [0.15, 0.2) is 41.6 Å². The highest BCUT2D eigenvalue weighted by Gasteiger charge is 2.33. The molecular formula is C17H11ClN2O3S2. The number of halogens is 1. The lowest BCUT2D eigenvalue weighted by Gasteiger charge is -2.19. The van der Waals surface area contributed by atoms with Gasteiger partial charge in [-0.25, -0.2) is 0 Å². The maximum Gasteiger partial charge on any atom is 0.270 e.